The molecule has 3 aliphatic heterocycles. The summed E-state index contributed by atoms with van der Waals surface area (Å²) in [6.07, 6.45) is 0. The normalized spacial score (nSPS) is 19.8. The van der Waals surface area contributed by atoms with Gasteiger partial charge in [0.25, 0.3) is 0 Å². The fraction of sp³-hybridized carbons (Fsp3) is 0.565. The summed E-state index contributed by atoms with van der Waals surface area (Å²) in [5, 5.41) is 3.36. The molecule has 10 heteroatoms. The zero-order chi connectivity index (χ0) is 22.6. The summed E-state index contributed by atoms with van der Waals surface area (Å²) in [6.45, 7) is 9.42. The van der Waals surface area contributed by atoms with E-state index in [4.69, 9.17) is 15.5 Å². The largest absolute Gasteiger partial charge is 0.378 e. The smallest absolute Gasteiger partial charge is 0.229 e. The average Bonchev–Trinajstić information content (AvgIpc) is 2.90. The second-order valence-electron chi connectivity index (χ2n) is 8.67. The van der Waals surface area contributed by atoms with E-state index in [1.807, 2.05) is 4.90 Å². The van der Waals surface area contributed by atoms with Crippen molar-refractivity contribution >= 4 is 23.3 Å². The molecule has 0 radical (unpaired) electrons. The Morgan fingerprint density at radius 3 is 1.97 bits per heavy atom. The van der Waals surface area contributed by atoms with Crippen LogP contribution in [0, 0.1) is 5.82 Å². The molecule has 3 aliphatic rings. The maximum atomic E-state index is 15.8. The highest BCUT2D eigenvalue weighted by molar-refractivity contribution is 5.59. The Hall–Kier alpha value is -2.69. The van der Waals surface area contributed by atoms with Gasteiger partial charge < -0.3 is 35.4 Å². The van der Waals surface area contributed by atoms with Gasteiger partial charge in [-0.15, -0.1) is 0 Å². The lowest BCUT2D eigenvalue weighted by atomic mass is 10.2. The van der Waals surface area contributed by atoms with Gasteiger partial charge in [-0.05, 0) is 17.7 Å². The van der Waals surface area contributed by atoms with Gasteiger partial charge in [-0.2, -0.15) is 14.4 Å². The van der Waals surface area contributed by atoms with Crippen molar-refractivity contribution in [3.8, 4) is 0 Å². The van der Waals surface area contributed by atoms with E-state index in [0.717, 1.165) is 44.8 Å². The Morgan fingerprint density at radius 1 is 0.788 bits per heavy atom. The number of aromatic nitrogens is 2. The van der Waals surface area contributed by atoms with E-state index >= 15 is 4.39 Å². The van der Waals surface area contributed by atoms with Gasteiger partial charge in [0, 0.05) is 77.7 Å². The van der Waals surface area contributed by atoms with Crippen LogP contribution in [0.5, 0.6) is 0 Å². The Labute approximate surface area is 194 Å². The number of anilines is 4. The summed E-state index contributed by atoms with van der Waals surface area (Å²) in [5.74, 6) is 1.11. The van der Waals surface area contributed by atoms with Gasteiger partial charge in [-0.25, -0.2) is 0 Å². The van der Waals surface area contributed by atoms with E-state index < -0.39 is 0 Å². The molecule has 3 saturated heterocycles. The number of nitrogens with one attached hydrogen (secondary N) is 1. The lowest BCUT2D eigenvalue weighted by molar-refractivity contribution is 0.122. The number of ether oxygens (including phenoxy) is 1. The number of benzene rings is 1. The minimum absolute atomic E-state index is 0.323. The SMILES string of the molecule is NCc1ccc(N2CCN(c3nc(N4CCNCC4)nc(N4CCOCC4)c3F)CC2)cc1. The summed E-state index contributed by atoms with van der Waals surface area (Å²) < 4.78 is 21.3. The third kappa shape index (κ3) is 4.83. The second kappa shape index (κ2) is 10.1. The Balaban J connectivity index is 1.38. The summed E-state index contributed by atoms with van der Waals surface area (Å²) >= 11 is 0. The van der Waals surface area contributed by atoms with E-state index in [9.17, 15) is 0 Å². The van der Waals surface area contributed by atoms with E-state index in [-0.39, 0.29) is 5.82 Å². The lowest BCUT2D eigenvalue weighted by Crippen LogP contribution is -2.48. The standard InChI is InChI=1S/C23H33FN8O/c24-20-21(30-11-9-29(10-12-30)19-3-1-18(17-25)2-4-19)27-23(32-7-5-26-6-8-32)28-22(20)31-13-15-33-16-14-31/h1-4,26H,5-17,25H2. The zero-order valence-corrected chi connectivity index (χ0v) is 19.0. The predicted molar refractivity (Wildman–Crippen MR) is 129 cm³/mol. The van der Waals surface area contributed by atoms with Crippen LogP contribution < -0.4 is 30.7 Å². The van der Waals surface area contributed by atoms with Crippen LogP contribution in [0.15, 0.2) is 24.3 Å². The van der Waals surface area contributed by atoms with Crippen molar-refractivity contribution in [3.05, 3.63) is 35.6 Å². The molecule has 1 aromatic heterocycles. The fourth-order valence-corrected chi connectivity index (χ4v) is 4.63. The molecule has 9 nitrogen and oxygen atoms in total. The van der Waals surface area contributed by atoms with Crippen LogP contribution in [0.3, 0.4) is 0 Å². The van der Waals surface area contributed by atoms with Crippen LogP contribution in [0.2, 0.25) is 0 Å². The van der Waals surface area contributed by atoms with Crippen molar-refractivity contribution in [2.75, 3.05) is 98.3 Å². The molecule has 0 spiro atoms. The fourth-order valence-electron chi connectivity index (χ4n) is 4.63. The maximum absolute atomic E-state index is 15.8. The first-order valence-corrected chi connectivity index (χ1v) is 11.9. The van der Waals surface area contributed by atoms with Crippen LogP contribution in [0.4, 0.5) is 27.7 Å². The monoisotopic (exact) mass is 456 g/mol. The van der Waals surface area contributed by atoms with Crippen LogP contribution in [-0.4, -0.2) is 88.6 Å². The maximum Gasteiger partial charge on any atom is 0.229 e. The third-order valence-corrected chi connectivity index (χ3v) is 6.63. The molecule has 3 fully saturated rings. The van der Waals surface area contributed by atoms with E-state index in [1.165, 1.54) is 5.69 Å². The topological polar surface area (TPSA) is 86.0 Å². The molecular weight excluding hydrogens is 423 g/mol. The highest BCUT2D eigenvalue weighted by Gasteiger charge is 2.28. The van der Waals surface area contributed by atoms with Crippen LogP contribution >= 0.6 is 0 Å². The Morgan fingerprint density at radius 2 is 1.36 bits per heavy atom. The minimum atomic E-state index is -0.323. The van der Waals surface area contributed by atoms with Crippen molar-refractivity contribution in [1.29, 1.82) is 0 Å². The first-order chi connectivity index (χ1) is 16.2. The molecule has 0 atom stereocenters. The van der Waals surface area contributed by atoms with Crippen molar-refractivity contribution in [1.82, 2.24) is 15.3 Å². The van der Waals surface area contributed by atoms with Gasteiger partial charge in [-0.1, -0.05) is 12.1 Å². The number of halogens is 1. The summed E-state index contributed by atoms with van der Waals surface area (Å²) in [5.41, 5.74) is 8.02. The van der Waals surface area contributed by atoms with Crippen molar-refractivity contribution < 1.29 is 9.13 Å². The average molecular weight is 457 g/mol. The second-order valence-corrected chi connectivity index (χ2v) is 8.67. The lowest BCUT2D eigenvalue weighted by Gasteiger charge is -2.38. The van der Waals surface area contributed by atoms with E-state index in [2.05, 4.69) is 49.3 Å². The summed E-state index contributed by atoms with van der Waals surface area (Å²) in [6, 6.07) is 8.37. The van der Waals surface area contributed by atoms with Crippen LogP contribution in [-0.2, 0) is 11.3 Å². The number of hydrogen-bond donors (Lipinski definition) is 2. The molecule has 4 heterocycles. The zero-order valence-electron chi connectivity index (χ0n) is 19.0. The molecule has 0 saturated carbocycles. The number of piperazine rings is 2. The molecule has 3 N–H and O–H groups in total. The highest BCUT2D eigenvalue weighted by atomic mass is 19.1. The van der Waals surface area contributed by atoms with Gasteiger partial charge in [0.05, 0.1) is 13.2 Å². The molecule has 0 bridgehead atoms. The third-order valence-electron chi connectivity index (χ3n) is 6.63. The molecule has 1 aromatic carbocycles. The molecular formula is C23H33FN8O. The van der Waals surface area contributed by atoms with Crippen molar-refractivity contribution in [2.45, 2.75) is 6.54 Å². The van der Waals surface area contributed by atoms with Gasteiger partial charge >= 0.3 is 0 Å². The van der Waals surface area contributed by atoms with Gasteiger partial charge in [-0.3, -0.25) is 0 Å². The molecule has 5 rings (SSSR count). The van der Waals surface area contributed by atoms with Crippen molar-refractivity contribution in [3.63, 3.8) is 0 Å². The quantitative estimate of drug-likeness (QED) is 0.673. The molecule has 2 aromatic rings. The molecule has 178 valence electrons. The molecule has 0 amide bonds. The number of nitrogens with two attached hydrogens (primary N) is 1. The highest BCUT2D eigenvalue weighted by Crippen LogP contribution is 2.30. The number of morpholine rings is 1. The van der Waals surface area contributed by atoms with Gasteiger partial charge in [0.2, 0.25) is 11.8 Å². The summed E-state index contributed by atoms with van der Waals surface area (Å²) in [4.78, 5) is 18.0. The number of rotatable bonds is 5. The Bertz CT molecular complexity index is 923. The molecule has 0 unspecified atom stereocenters. The first kappa shape index (κ1) is 22.1. The predicted octanol–water partition coefficient (Wildman–Crippen LogP) is 0.647. The molecule has 33 heavy (non-hydrogen) atoms. The molecule has 0 aliphatic carbocycles. The van der Waals surface area contributed by atoms with Gasteiger partial charge in [0.1, 0.15) is 0 Å². The number of nitrogens with zero attached hydrogens (tertiary/aromatic N) is 6. The first-order valence-electron chi connectivity index (χ1n) is 11.9. The Kier molecular flexibility index (Phi) is 6.75. The number of hydrogen-bond acceptors (Lipinski definition) is 9. The van der Waals surface area contributed by atoms with E-state index in [0.29, 0.717) is 63.5 Å². The van der Waals surface area contributed by atoms with Crippen molar-refractivity contribution in [2.24, 2.45) is 5.73 Å². The van der Waals surface area contributed by atoms with Gasteiger partial charge in [0.15, 0.2) is 11.6 Å². The van der Waals surface area contributed by atoms with Crippen LogP contribution in [0.25, 0.3) is 0 Å². The summed E-state index contributed by atoms with van der Waals surface area (Å²) in [7, 11) is 0. The minimum Gasteiger partial charge on any atom is -0.378 e. The van der Waals surface area contributed by atoms with Crippen LogP contribution in [0.1, 0.15) is 5.56 Å². The van der Waals surface area contributed by atoms with E-state index in [1.54, 1.807) is 0 Å².